The van der Waals surface area contributed by atoms with Gasteiger partial charge in [-0.2, -0.15) is 0 Å². The molecule has 0 saturated carbocycles. The van der Waals surface area contributed by atoms with Crippen molar-refractivity contribution in [1.82, 2.24) is 0 Å². The van der Waals surface area contributed by atoms with Crippen molar-refractivity contribution in [3.8, 4) is 0 Å². The van der Waals surface area contributed by atoms with Gasteiger partial charge in [-0.25, -0.2) is 0 Å². The third-order valence-electron chi connectivity index (χ3n) is 0.940. The number of hydrogen-bond donors (Lipinski definition) is 0. The summed E-state index contributed by atoms with van der Waals surface area (Å²) in [5, 5.41) is 0. The molecule has 0 atom stereocenters. The van der Waals surface area contributed by atoms with E-state index in [1.54, 1.807) is 0 Å². The van der Waals surface area contributed by atoms with Gasteiger partial charge in [0.05, 0.1) is 0 Å². The molecule has 0 aliphatic heterocycles. The molecule has 0 heterocycles. The second kappa shape index (κ2) is 6.87. The van der Waals surface area contributed by atoms with Crippen molar-refractivity contribution in [2.75, 3.05) is 0 Å². The summed E-state index contributed by atoms with van der Waals surface area (Å²) < 4.78 is 0. The second-order valence-electron chi connectivity index (χ2n) is 1.65. The van der Waals surface area contributed by atoms with Crippen LogP contribution in [0.5, 0.6) is 0 Å². The molecule has 0 saturated heterocycles. The summed E-state index contributed by atoms with van der Waals surface area (Å²) >= 11 is 0. The van der Waals surface area contributed by atoms with Crippen LogP contribution in [0.15, 0.2) is 30.3 Å². The molecule has 0 radical (unpaired) electrons. The molecule has 0 aliphatic rings. The average molecular weight is 146 g/mol. The summed E-state index contributed by atoms with van der Waals surface area (Å²) in [5.41, 5.74) is 1.32. The Morgan fingerprint density at radius 2 is 1.44 bits per heavy atom. The van der Waals surface area contributed by atoms with E-state index in [2.05, 4.69) is 19.1 Å². The zero-order valence-electron chi connectivity index (χ0n) is 5.39. The van der Waals surface area contributed by atoms with Crippen LogP contribution in [-0.2, 0) is 0 Å². The fraction of sp³-hybridized carbons (Fsp3) is 0.143. The molecule has 0 spiro atoms. The van der Waals surface area contributed by atoms with Crippen molar-refractivity contribution >= 4 is 17.4 Å². The van der Waals surface area contributed by atoms with E-state index in [9.17, 15) is 0 Å². The van der Waals surface area contributed by atoms with E-state index < -0.39 is 0 Å². The summed E-state index contributed by atoms with van der Waals surface area (Å²) in [4.78, 5) is 0. The topological polar surface area (TPSA) is 0 Å². The minimum atomic E-state index is 0. The molecule has 44 valence electrons. The number of benzene rings is 1. The first-order valence-electron chi connectivity index (χ1n) is 2.41. The smallest absolute Gasteiger partial charge is 0.0622 e. The van der Waals surface area contributed by atoms with Crippen LogP contribution in [-0.4, -0.2) is 17.4 Å². The van der Waals surface area contributed by atoms with Crippen molar-refractivity contribution in [2.45, 2.75) is 6.92 Å². The molecule has 9 heavy (non-hydrogen) atoms. The summed E-state index contributed by atoms with van der Waals surface area (Å²) in [6.07, 6.45) is 0. The molecular formula is C7H12AlNa. The van der Waals surface area contributed by atoms with Gasteiger partial charge < -0.3 is 0 Å². The quantitative estimate of drug-likeness (QED) is 0.356. The van der Waals surface area contributed by atoms with Gasteiger partial charge in [0.15, 0.2) is 0 Å². The molecule has 0 nitrogen and oxygen atoms in total. The van der Waals surface area contributed by atoms with Crippen LogP contribution in [0.25, 0.3) is 0 Å². The first kappa shape index (κ1) is 12.4. The van der Waals surface area contributed by atoms with Gasteiger partial charge in [0.1, 0.15) is 0 Å². The molecule has 0 bridgehead atoms. The van der Waals surface area contributed by atoms with E-state index >= 15 is 0 Å². The minimum Gasteiger partial charge on any atom is -0.0622 e. The third-order valence-corrected chi connectivity index (χ3v) is 0.940. The molecule has 0 aromatic heterocycles. The Morgan fingerprint density at radius 3 is 1.67 bits per heavy atom. The van der Waals surface area contributed by atoms with Crippen molar-refractivity contribution in [3.63, 3.8) is 0 Å². The Labute approximate surface area is 89.1 Å². The Bertz CT molecular complexity index is 139. The minimum absolute atomic E-state index is 0. The van der Waals surface area contributed by atoms with Gasteiger partial charge in [0.25, 0.3) is 0 Å². The van der Waals surface area contributed by atoms with E-state index in [1.807, 2.05) is 18.2 Å². The molecule has 0 aliphatic carbocycles. The third kappa shape index (κ3) is 5.21. The standard InChI is InChI=1S/C7H8.Al.Na.4H/c1-7-5-3-2-4-6-7;;;;;;/h2-6H,1H3;;;;;;/q;-1;+1;;;;. The SMILES string of the molecule is Cc1ccccc1.[AlH4-].[Na+]. The Balaban J connectivity index is 0. The van der Waals surface area contributed by atoms with Crippen LogP contribution in [0.3, 0.4) is 0 Å². The van der Waals surface area contributed by atoms with E-state index in [1.165, 1.54) is 5.56 Å². The zero-order chi connectivity index (χ0) is 5.11. The normalized spacial score (nSPS) is 6.78. The predicted molar refractivity (Wildman–Crippen MR) is 42.5 cm³/mol. The summed E-state index contributed by atoms with van der Waals surface area (Å²) in [6, 6.07) is 10.3. The maximum atomic E-state index is 2.08. The Kier molecular flexibility index (Phi) is 9.48. The molecule has 0 fully saturated rings. The van der Waals surface area contributed by atoms with E-state index in [4.69, 9.17) is 0 Å². The Hall–Kier alpha value is 0.752. The average Bonchev–Trinajstić information content (AvgIpc) is 1.69. The number of rotatable bonds is 0. The summed E-state index contributed by atoms with van der Waals surface area (Å²) in [5.74, 6) is 0. The maximum absolute atomic E-state index is 2.08. The first-order chi connectivity index (χ1) is 3.39. The van der Waals surface area contributed by atoms with E-state index in [0.717, 1.165) is 0 Å². The molecule has 0 amide bonds. The number of aryl methyl sites for hydroxylation is 1. The van der Waals surface area contributed by atoms with Crippen LogP contribution in [0.1, 0.15) is 5.56 Å². The molecule has 1 aromatic carbocycles. The predicted octanol–water partition coefficient (Wildman–Crippen LogP) is -2.45. The number of hydrogen-bond acceptors (Lipinski definition) is 0. The van der Waals surface area contributed by atoms with Crippen LogP contribution in [0.4, 0.5) is 0 Å². The fourth-order valence-corrected chi connectivity index (χ4v) is 0.534. The molecular weight excluding hydrogens is 134 g/mol. The zero-order valence-corrected chi connectivity index (χ0v) is 7.39. The molecule has 2 heteroatoms. The van der Waals surface area contributed by atoms with Gasteiger partial charge in [0.2, 0.25) is 0 Å². The van der Waals surface area contributed by atoms with Gasteiger partial charge in [-0.15, -0.1) is 0 Å². The van der Waals surface area contributed by atoms with Crippen LogP contribution in [0.2, 0.25) is 0 Å². The van der Waals surface area contributed by atoms with Gasteiger partial charge in [0, 0.05) is 17.4 Å². The monoisotopic (exact) mass is 146 g/mol. The maximum Gasteiger partial charge on any atom is 1.00 e. The van der Waals surface area contributed by atoms with Crippen molar-refractivity contribution in [2.24, 2.45) is 0 Å². The van der Waals surface area contributed by atoms with Crippen LogP contribution < -0.4 is 29.6 Å². The molecule has 1 rings (SSSR count). The van der Waals surface area contributed by atoms with Crippen molar-refractivity contribution in [3.05, 3.63) is 35.9 Å². The van der Waals surface area contributed by atoms with Crippen LogP contribution in [0, 0.1) is 6.92 Å². The Morgan fingerprint density at radius 1 is 1.00 bits per heavy atom. The first-order valence-corrected chi connectivity index (χ1v) is 2.41. The molecule has 0 unspecified atom stereocenters. The van der Waals surface area contributed by atoms with E-state index in [0.29, 0.717) is 0 Å². The van der Waals surface area contributed by atoms with Gasteiger partial charge in [-0.05, 0) is 6.92 Å². The molecule has 0 N–H and O–H groups in total. The largest absolute Gasteiger partial charge is 1.00 e. The summed E-state index contributed by atoms with van der Waals surface area (Å²) in [7, 11) is 0. The summed E-state index contributed by atoms with van der Waals surface area (Å²) in [6.45, 7) is 2.08. The van der Waals surface area contributed by atoms with Gasteiger partial charge in [-0.1, -0.05) is 35.9 Å². The van der Waals surface area contributed by atoms with Gasteiger partial charge >= 0.3 is 29.6 Å². The van der Waals surface area contributed by atoms with Gasteiger partial charge in [-0.3, -0.25) is 0 Å². The van der Waals surface area contributed by atoms with E-state index in [-0.39, 0.29) is 46.9 Å². The van der Waals surface area contributed by atoms with Crippen LogP contribution >= 0.6 is 0 Å². The van der Waals surface area contributed by atoms with Crippen molar-refractivity contribution < 1.29 is 29.6 Å². The van der Waals surface area contributed by atoms with Crippen molar-refractivity contribution in [1.29, 1.82) is 0 Å². The second-order valence-corrected chi connectivity index (χ2v) is 1.65. The molecule has 1 aromatic rings. The fourth-order valence-electron chi connectivity index (χ4n) is 0.534.